The van der Waals surface area contributed by atoms with E-state index in [1.54, 1.807) is 14.2 Å². The van der Waals surface area contributed by atoms with Gasteiger partial charge in [0.15, 0.2) is 6.29 Å². The standard InChI is InChI=1S/C15H26O3/c1-10(2)12-7-6-11(3)13(8-9-16)14(12)15(17-4)18-5/h6,9-10,12-15H,7-8H2,1-5H3/t12-,13+,14-/m1/s1. The molecule has 0 fully saturated rings. The fourth-order valence-corrected chi connectivity index (χ4v) is 3.20. The monoisotopic (exact) mass is 254 g/mol. The van der Waals surface area contributed by atoms with Crippen LogP contribution in [0.5, 0.6) is 0 Å². The van der Waals surface area contributed by atoms with Crippen molar-refractivity contribution in [3.63, 3.8) is 0 Å². The zero-order chi connectivity index (χ0) is 13.7. The first-order valence-electron chi connectivity index (χ1n) is 6.72. The molecule has 0 N–H and O–H groups in total. The van der Waals surface area contributed by atoms with Crippen LogP contribution < -0.4 is 0 Å². The van der Waals surface area contributed by atoms with Crippen molar-refractivity contribution in [2.45, 2.75) is 39.9 Å². The molecule has 1 rings (SSSR count). The molecule has 18 heavy (non-hydrogen) atoms. The average Bonchev–Trinajstić information content (AvgIpc) is 2.34. The van der Waals surface area contributed by atoms with Crippen LogP contribution in [0, 0.1) is 23.7 Å². The highest BCUT2D eigenvalue weighted by Crippen LogP contribution is 2.42. The molecule has 0 aliphatic heterocycles. The molecule has 3 heteroatoms. The van der Waals surface area contributed by atoms with Gasteiger partial charge in [-0.15, -0.1) is 0 Å². The van der Waals surface area contributed by atoms with E-state index >= 15 is 0 Å². The van der Waals surface area contributed by atoms with E-state index in [-0.39, 0.29) is 18.1 Å². The zero-order valence-electron chi connectivity index (χ0n) is 12.2. The van der Waals surface area contributed by atoms with Gasteiger partial charge in [0.05, 0.1) is 0 Å². The van der Waals surface area contributed by atoms with Crippen molar-refractivity contribution in [3.05, 3.63) is 11.6 Å². The van der Waals surface area contributed by atoms with Crippen molar-refractivity contribution in [2.75, 3.05) is 14.2 Å². The molecule has 0 radical (unpaired) electrons. The molecule has 0 bridgehead atoms. The second-order valence-electron chi connectivity index (χ2n) is 5.52. The van der Waals surface area contributed by atoms with Gasteiger partial charge in [-0.1, -0.05) is 25.5 Å². The molecular formula is C15H26O3. The Hall–Kier alpha value is -0.670. The Kier molecular flexibility index (Phi) is 6.03. The normalized spacial score (nSPS) is 28.6. The van der Waals surface area contributed by atoms with Crippen molar-refractivity contribution >= 4 is 6.29 Å². The molecule has 3 atom stereocenters. The smallest absolute Gasteiger partial charge is 0.160 e. The molecular weight excluding hydrogens is 228 g/mol. The van der Waals surface area contributed by atoms with Gasteiger partial charge in [-0.3, -0.25) is 0 Å². The lowest BCUT2D eigenvalue weighted by Gasteiger charge is -2.42. The Morgan fingerprint density at radius 1 is 1.39 bits per heavy atom. The lowest BCUT2D eigenvalue weighted by atomic mass is 9.67. The molecule has 1 aliphatic carbocycles. The third-order valence-electron chi connectivity index (χ3n) is 4.24. The highest BCUT2D eigenvalue weighted by Gasteiger charge is 2.40. The summed E-state index contributed by atoms with van der Waals surface area (Å²) in [7, 11) is 3.36. The van der Waals surface area contributed by atoms with Crippen molar-refractivity contribution in [2.24, 2.45) is 23.7 Å². The molecule has 0 unspecified atom stereocenters. The molecule has 1 aliphatic rings. The van der Waals surface area contributed by atoms with E-state index in [0.29, 0.717) is 18.3 Å². The summed E-state index contributed by atoms with van der Waals surface area (Å²) in [4.78, 5) is 10.9. The first kappa shape index (κ1) is 15.4. The van der Waals surface area contributed by atoms with Crippen molar-refractivity contribution in [1.29, 1.82) is 0 Å². The Bertz CT molecular complexity index is 292. The summed E-state index contributed by atoms with van der Waals surface area (Å²) in [6.07, 6.45) is 4.66. The minimum absolute atomic E-state index is 0.231. The molecule has 0 aromatic rings. The van der Waals surface area contributed by atoms with E-state index in [9.17, 15) is 4.79 Å². The van der Waals surface area contributed by atoms with Crippen molar-refractivity contribution in [3.8, 4) is 0 Å². The van der Waals surface area contributed by atoms with E-state index in [4.69, 9.17) is 9.47 Å². The van der Waals surface area contributed by atoms with Crippen LogP contribution in [0.1, 0.15) is 33.6 Å². The lowest BCUT2D eigenvalue weighted by Crippen LogP contribution is -2.41. The van der Waals surface area contributed by atoms with Crippen LogP contribution in [0.15, 0.2) is 11.6 Å². The molecule has 0 saturated heterocycles. The number of rotatable bonds is 6. The molecule has 3 nitrogen and oxygen atoms in total. The first-order chi connectivity index (χ1) is 8.56. The van der Waals surface area contributed by atoms with E-state index in [1.165, 1.54) is 5.57 Å². The highest BCUT2D eigenvalue weighted by molar-refractivity contribution is 5.51. The summed E-state index contributed by atoms with van der Waals surface area (Å²) < 4.78 is 11.0. The summed E-state index contributed by atoms with van der Waals surface area (Å²) in [6, 6.07) is 0. The minimum atomic E-state index is -0.231. The molecule has 0 heterocycles. The number of hydrogen-bond donors (Lipinski definition) is 0. The van der Waals surface area contributed by atoms with Crippen LogP contribution in [0.2, 0.25) is 0 Å². The number of hydrogen-bond acceptors (Lipinski definition) is 3. The van der Waals surface area contributed by atoms with Gasteiger partial charge in [0.2, 0.25) is 0 Å². The zero-order valence-corrected chi connectivity index (χ0v) is 12.2. The van der Waals surface area contributed by atoms with Crippen molar-refractivity contribution in [1.82, 2.24) is 0 Å². The summed E-state index contributed by atoms with van der Waals surface area (Å²) in [5.74, 6) is 1.56. The predicted molar refractivity (Wildman–Crippen MR) is 72.2 cm³/mol. The quantitative estimate of drug-likeness (QED) is 0.415. The molecule has 0 spiro atoms. The highest BCUT2D eigenvalue weighted by atomic mass is 16.7. The van der Waals surface area contributed by atoms with E-state index in [0.717, 1.165) is 12.7 Å². The predicted octanol–water partition coefficient (Wildman–Crippen LogP) is 3.05. The van der Waals surface area contributed by atoms with E-state index in [2.05, 4.69) is 26.8 Å². The second kappa shape index (κ2) is 7.05. The summed E-state index contributed by atoms with van der Waals surface area (Å²) >= 11 is 0. The van der Waals surface area contributed by atoms with Crippen LogP contribution in [0.4, 0.5) is 0 Å². The van der Waals surface area contributed by atoms with Crippen LogP contribution >= 0.6 is 0 Å². The maximum Gasteiger partial charge on any atom is 0.160 e. The first-order valence-corrected chi connectivity index (χ1v) is 6.72. The largest absolute Gasteiger partial charge is 0.356 e. The number of carbonyl (C=O) groups is 1. The maximum atomic E-state index is 10.9. The molecule has 0 aromatic carbocycles. The van der Waals surface area contributed by atoms with E-state index < -0.39 is 0 Å². The minimum Gasteiger partial charge on any atom is -0.356 e. The number of carbonyl (C=O) groups excluding carboxylic acids is 1. The van der Waals surface area contributed by atoms with E-state index in [1.807, 2.05) is 0 Å². The van der Waals surface area contributed by atoms with Crippen LogP contribution in [-0.2, 0) is 14.3 Å². The van der Waals surface area contributed by atoms with Crippen LogP contribution in [0.3, 0.4) is 0 Å². The van der Waals surface area contributed by atoms with Gasteiger partial charge in [-0.25, -0.2) is 0 Å². The molecule has 0 aromatic heterocycles. The second-order valence-corrected chi connectivity index (χ2v) is 5.52. The Labute approximate surface area is 111 Å². The fraction of sp³-hybridized carbons (Fsp3) is 0.800. The number of allylic oxidation sites excluding steroid dienone is 2. The molecule has 104 valence electrons. The topological polar surface area (TPSA) is 35.5 Å². The van der Waals surface area contributed by atoms with Gasteiger partial charge in [0, 0.05) is 26.6 Å². The Balaban J connectivity index is 3.04. The third kappa shape index (κ3) is 3.21. The van der Waals surface area contributed by atoms with Gasteiger partial charge in [0.1, 0.15) is 6.29 Å². The maximum absolute atomic E-state index is 10.9. The van der Waals surface area contributed by atoms with Gasteiger partial charge in [0.25, 0.3) is 0 Å². The summed E-state index contributed by atoms with van der Waals surface area (Å²) in [6.45, 7) is 6.57. The van der Waals surface area contributed by atoms with Crippen LogP contribution in [-0.4, -0.2) is 26.8 Å². The van der Waals surface area contributed by atoms with Gasteiger partial charge >= 0.3 is 0 Å². The number of methoxy groups -OCH3 is 2. The van der Waals surface area contributed by atoms with Crippen LogP contribution in [0.25, 0.3) is 0 Å². The fourth-order valence-electron chi connectivity index (χ4n) is 3.20. The SMILES string of the molecule is COC(OC)[C@@H]1[C@@H](C(C)C)CC=C(C)[C@@H]1CC=O. The number of aldehydes is 1. The Morgan fingerprint density at radius 3 is 2.44 bits per heavy atom. The lowest BCUT2D eigenvalue weighted by molar-refractivity contribution is -0.166. The summed E-state index contributed by atoms with van der Waals surface area (Å²) in [5, 5.41) is 0. The summed E-state index contributed by atoms with van der Waals surface area (Å²) in [5.41, 5.74) is 1.29. The molecule has 0 saturated carbocycles. The molecule has 0 amide bonds. The van der Waals surface area contributed by atoms with Gasteiger partial charge in [-0.2, -0.15) is 0 Å². The third-order valence-corrected chi connectivity index (χ3v) is 4.24. The Morgan fingerprint density at radius 2 is 2.00 bits per heavy atom. The van der Waals surface area contributed by atoms with Crippen molar-refractivity contribution < 1.29 is 14.3 Å². The average molecular weight is 254 g/mol. The van der Waals surface area contributed by atoms with Gasteiger partial charge in [-0.05, 0) is 31.1 Å². The number of ether oxygens (including phenoxy) is 2. The van der Waals surface area contributed by atoms with Gasteiger partial charge < -0.3 is 14.3 Å².